The fourth-order valence-corrected chi connectivity index (χ4v) is 3.55. The molecular weight excluding hydrogens is 360 g/mol. The summed E-state index contributed by atoms with van der Waals surface area (Å²) in [6.45, 7) is 1.07. The van der Waals surface area contributed by atoms with Crippen LogP contribution in [0.3, 0.4) is 0 Å². The third kappa shape index (κ3) is 4.27. The first-order valence-corrected chi connectivity index (χ1v) is 9.19. The van der Waals surface area contributed by atoms with Crippen molar-refractivity contribution in [2.75, 3.05) is 6.54 Å². The van der Waals surface area contributed by atoms with Crippen molar-refractivity contribution in [1.82, 2.24) is 15.0 Å². The number of hydrogen-bond acceptors (Lipinski definition) is 7. The lowest BCUT2D eigenvalue weighted by molar-refractivity contribution is -0.991. The van der Waals surface area contributed by atoms with E-state index in [2.05, 4.69) is 15.0 Å². The molecule has 1 aliphatic heterocycles. The van der Waals surface area contributed by atoms with E-state index in [1.54, 1.807) is 24.3 Å². The van der Waals surface area contributed by atoms with E-state index >= 15 is 0 Å². The van der Waals surface area contributed by atoms with Gasteiger partial charge in [0.1, 0.15) is 0 Å². The predicted molar refractivity (Wildman–Crippen MR) is 99.5 cm³/mol. The van der Waals surface area contributed by atoms with E-state index < -0.39 is 11.3 Å². The lowest BCUT2D eigenvalue weighted by Crippen LogP contribution is -2.99. The maximum absolute atomic E-state index is 11.0. The van der Waals surface area contributed by atoms with Crippen LogP contribution in [0.25, 0.3) is 0 Å². The van der Waals surface area contributed by atoms with Gasteiger partial charge >= 0.3 is 0 Å². The molecule has 3 aromatic rings. The Kier molecular flexibility index (Phi) is 5.47. The molecule has 0 amide bonds. The molecule has 1 fully saturated rings. The summed E-state index contributed by atoms with van der Waals surface area (Å²) in [6.07, 6.45) is 0.656. The molecule has 0 saturated carbocycles. The van der Waals surface area contributed by atoms with Gasteiger partial charge in [-0.25, -0.2) is 5.21 Å². The van der Waals surface area contributed by atoms with Crippen LogP contribution in [0.15, 0.2) is 59.1 Å². The number of benzene rings is 2. The molecule has 8 nitrogen and oxygen atoms in total. The van der Waals surface area contributed by atoms with Gasteiger partial charge in [0.25, 0.3) is 0 Å². The summed E-state index contributed by atoms with van der Waals surface area (Å²) in [4.78, 5) is 6.63. The van der Waals surface area contributed by atoms with Crippen LogP contribution in [0.1, 0.15) is 35.3 Å². The van der Waals surface area contributed by atoms with E-state index in [-0.39, 0.29) is 11.7 Å². The van der Waals surface area contributed by atoms with Gasteiger partial charge in [0.15, 0.2) is 11.5 Å². The van der Waals surface area contributed by atoms with Crippen LogP contribution in [-0.2, 0) is 13.0 Å². The maximum atomic E-state index is 11.0. The second kappa shape index (κ2) is 8.17. The molecule has 3 atom stereocenters. The van der Waals surface area contributed by atoms with Gasteiger partial charge in [-0.1, -0.05) is 47.6 Å². The van der Waals surface area contributed by atoms with E-state index in [4.69, 9.17) is 9.73 Å². The smallest absolute Gasteiger partial charge is 0.244 e. The average Bonchev–Trinajstić information content (AvgIpc) is 3.29. The number of rotatable bonds is 6. The number of aromatic nitrogens is 2. The van der Waals surface area contributed by atoms with E-state index in [1.807, 2.05) is 30.3 Å². The Bertz CT molecular complexity index is 898. The number of aliphatic hydroxyl groups is 1. The highest BCUT2D eigenvalue weighted by Crippen LogP contribution is 2.32. The zero-order chi connectivity index (χ0) is 19.5. The highest BCUT2D eigenvalue weighted by Gasteiger charge is 2.35. The molecule has 2 heterocycles. The second-order valence-electron chi connectivity index (χ2n) is 7.05. The summed E-state index contributed by atoms with van der Waals surface area (Å²) in [5.41, 5.74) is 2.33. The summed E-state index contributed by atoms with van der Waals surface area (Å²) >= 11 is 0. The zero-order valence-corrected chi connectivity index (χ0v) is 15.2. The third-order valence-electron chi connectivity index (χ3n) is 4.94. The molecule has 0 spiro atoms. The molecule has 8 heteroatoms. The number of aliphatic hydroxyl groups excluding tert-OH is 1. The number of β-amino-alcohol motifs (C(OH)–C–C–N with tert-alkyl or cyclic N) is 1. The molecule has 0 aliphatic carbocycles. The highest BCUT2D eigenvalue weighted by molar-refractivity contribution is 5.32. The first-order chi connectivity index (χ1) is 13.6. The minimum atomic E-state index is -0.946. The van der Waals surface area contributed by atoms with Gasteiger partial charge in [-0.3, -0.25) is 4.90 Å². The van der Waals surface area contributed by atoms with Gasteiger partial charge in [0, 0.05) is 31.6 Å². The number of likely N-dealkylation sites (tertiary alicyclic amines) is 1. The Labute approximate surface area is 162 Å². The van der Waals surface area contributed by atoms with Crippen LogP contribution in [0.4, 0.5) is 5.69 Å². The van der Waals surface area contributed by atoms with Gasteiger partial charge in [-0.15, -0.1) is 0 Å². The van der Waals surface area contributed by atoms with Gasteiger partial charge in [-0.05, 0) is 17.5 Å². The van der Waals surface area contributed by atoms with Crippen LogP contribution in [0, 0.1) is 5.21 Å². The van der Waals surface area contributed by atoms with Crippen LogP contribution in [0.5, 0.6) is 0 Å². The van der Waals surface area contributed by atoms with Crippen molar-refractivity contribution in [3.63, 3.8) is 0 Å². The lowest BCUT2D eigenvalue weighted by Gasteiger charge is -2.21. The highest BCUT2D eigenvalue weighted by atomic mass is 16.8. The Morgan fingerprint density at radius 1 is 1.11 bits per heavy atom. The molecule has 28 heavy (non-hydrogen) atoms. The van der Waals surface area contributed by atoms with E-state index in [1.165, 1.54) is 0 Å². The van der Waals surface area contributed by atoms with Gasteiger partial charge < -0.3 is 14.8 Å². The van der Waals surface area contributed by atoms with Crippen molar-refractivity contribution < 1.29 is 20.1 Å². The lowest BCUT2D eigenvalue weighted by atomic mass is 10.1. The van der Waals surface area contributed by atoms with Crippen molar-refractivity contribution in [2.45, 2.75) is 31.5 Å². The Morgan fingerprint density at radius 2 is 1.86 bits per heavy atom. The summed E-state index contributed by atoms with van der Waals surface area (Å²) in [7, 11) is 0. The van der Waals surface area contributed by atoms with Crippen molar-refractivity contribution >= 4 is 5.69 Å². The SMILES string of the molecule is [O-][NH+](O)c1ccc(CN2CC(O)CC2c2nc(Cc3ccccc3)no2)cc1. The van der Waals surface area contributed by atoms with E-state index in [0.717, 1.165) is 11.1 Å². The summed E-state index contributed by atoms with van der Waals surface area (Å²) in [5, 5.41) is 33.3. The molecule has 1 aliphatic rings. The molecule has 4 rings (SSSR count). The largest absolute Gasteiger partial charge is 0.595 e. The van der Waals surface area contributed by atoms with Gasteiger partial charge in [-0.2, -0.15) is 10.2 Å². The standard InChI is InChI=1S/C20H22N4O4/c25-17-11-18(20-21-19(22-28-20)10-14-4-2-1-3-5-14)23(13-17)12-15-6-8-16(9-7-15)24(26)27/h1-9,17-18,24-26H,10-13H2. The Balaban J connectivity index is 1.47. The second-order valence-corrected chi connectivity index (χ2v) is 7.05. The van der Waals surface area contributed by atoms with Crippen LogP contribution >= 0.6 is 0 Å². The number of hydrogen-bond donors (Lipinski definition) is 3. The van der Waals surface area contributed by atoms with Crippen LogP contribution in [0.2, 0.25) is 0 Å². The molecule has 0 radical (unpaired) electrons. The van der Waals surface area contributed by atoms with Crippen molar-refractivity contribution in [3.05, 3.63) is 82.6 Å². The minimum absolute atomic E-state index is 0.161. The van der Waals surface area contributed by atoms with Crippen LogP contribution in [-0.4, -0.2) is 38.0 Å². The first-order valence-electron chi connectivity index (χ1n) is 9.19. The summed E-state index contributed by atoms with van der Waals surface area (Å²) < 4.78 is 5.50. The number of quaternary nitrogens is 1. The van der Waals surface area contributed by atoms with Crippen LogP contribution < -0.4 is 5.23 Å². The molecule has 1 aromatic heterocycles. The Hall–Kier alpha value is -2.62. The summed E-state index contributed by atoms with van der Waals surface area (Å²) in [6, 6.07) is 16.5. The Morgan fingerprint density at radius 3 is 2.57 bits per heavy atom. The van der Waals surface area contributed by atoms with Gasteiger partial charge in [0.2, 0.25) is 5.89 Å². The number of nitrogens with one attached hydrogen (secondary N) is 1. The minimum Gasteiger partial charge on any atom is -0.595 e. The van der Waals surface area contributed by atoms with E-state index in [9.17, 15) is 10.3 Å². The van der Waals surface area contributed by atoms with Crippen molar-refractivity contribution in [1.29, 1.82) is 0 Å². The first kappa shape index (κ1) is 18.7. The monoisotopic (exact) mass is 382 g/mol. The average molecular weight is 382 g/mol. The molecule has 3 N–H and O–H groups in total. The molecule has 3 unspecified atom stereocenters. The zero-order valence-electron chi connectivity index (χ0n) is 15.2. The topological polar surface area (TPSA) is 110 Å². The van der Waals surface area contributed by atoms with Crippen molar-refractivity contribution in [3.8, 4) is 0 Å². The molecule has 0 bridgehead atoms. The molecule has 1 saturated heterocycles. The maximum Gasteiger partial charge on any atom is 0.244 e. The predicted octanol–water partition coefficient (Wildman–Crippen LogP) is 1.37. The fraction of sp³-hybridized carbons (Fsp3) is 0.300. The number of nitrogens with zero attached hydrogens (tertiary/aromatic N) is 3. The third-order valence-corrected chi connectivity index (χ3v) is 4.94. The van der Waals surface area contributed by atoms with Gasteiger partial charge in [0.05, 0.1) is 12.1 Å². The van der Waals surface area contributed by atoms with Crippen molar-refractivity contribution in [2.24, 2.45) is 0 Å². The van der Waals surface area contributed by atoms with E-state index in [0.29, 0.717) is 37.6 Å². The molecule has 146 valence electrons. The molecule has 2 aromatic carbocycles. The summed E-state index contributed by atoms with van der Waals surface area (Å²) in [5.74, 6) is 1.12. The molecular formula is C20H22N4O4. The normalized spacial score (nSPS) is 21.1. The quantitative estimate of drug-likeness (QED) is 0.552. The fourth-order valence-electron chi connectivity index (χ4n) is 3.55.